The van der Waals surface area contributed by atoms with Crippen molar-refractivity contribution in [3.63, 3.8) is 0 Å². The Morgan fingerprint density at radius 1 is 1.24 bits per heavy atom. The summed E-state index contributed by atoms with van der Waals surface area (Å²) in [5.74, 6) is 0.835. The molecular weight excluding hydrogens is 346 g/mol. The largest absolute Gasteiger partial charge is 0.321 e. The van der Waals surface area contributed by atoms with Gasteiger partial charge in [-0.15, -0.1) is 11.8 Å². The number of carbonyl (C=O) groups excluding carboxylic acids is 1. The maximum absolute atomic E-state index is 12.0. The Bertz CT molecular complexity index is 739. The summed E-state index contributed by atoms with van der Waals surface area (Å²) in [6, 6.07) is 14.3. The molecule has 0 aromatic heterocycles. The van der Waals surface area contributed by atoms with Crippen LogP contribution >= 0.6 is 27.7 Å². The molecule has 2 aromatic rings. The Morgan fingerprint density at radius 2 is 2.10 bits per heavy atom. The van der Waals surface area contributed by atoms with Gasteiger partial charge < -0.3 is 5.32 Å². The van der Waals surface area contributed by atoms with Crippen molar-refractivity contribution in [2.45, 2.75) is 12.7 Å². The monoisotopic (exact) mass is 359 g/mol. The molecule has 0 unspecified atom stereocenters. The van der Waals surface area contributed by atoms with Crippen LogP contribution in [-0.2, 0) is 10.5 Å². The first-order valence-corrected chi connectivity index (χ1v) is 8.46. The highest BCUT2D eigenvalue weighted by atomic mass is 79.9. The Morgan fingerprint density at radius 3 is 2.90 bits per heavy atom. The second-order valence-corrected chi connectivity index (χ2v) is 6.75. The normalized spacial score (nSPS) is 15.1. The van der Waals surface area contributed by atoms with Gasteiger partial charge in [0.15, 0.2) is 0 Å². The van der Waals surface area contributed by atoms with Crippen molar-refractivity contribution in [1.29, 1.82) is 0 Å². The number of nitrogens with one attached hydrogen (secondary N) is 1. The fraction of sp³-hybridized carbons (Fsp3) is 0.118. The standard InChI is InChI=1S/C17H14BrNOS/c1-11-3-2-4-12(7-11)9-21-10-15-14-8-13(18)5-6-16(14)19-17(15)20/h2-8,10H,9H2,1H3,(H,19,20). The van der Waals surface area contributed by atoms with Crippen molar-refractivity contribution in [2.24, 2.45) is 0 Å². The number of hydrogen-bond donors (Lipinski definition) is 1. The Balaban J connectivity index is 1.78. The maximum atomic E-state index is 12.0. The third kappa shape index (κ3) is 3.22. The second kappa shape index (κ2) is 6.08. The highest BCUT2D eigenvalue weighted by Gasteiger charge is 2.23. The summed E-state index contributed by atoms with van der Waals surface area (Å²) in [6.07, 6.45) is 0. The first kappa shape index (κ1) is 14.4. The number of hydrogen-bond acceptors (Lipinski definition) is 2. The summed E-state index contributed by atoms with van der Waals surface area (Å²) in [7, 11) is 0. The zero-order valence-corrected chi connectivity index (χ0v) is 13.9. The molecule has 0 spiro atoms. The van der Waals surface area contributed by atoms with Crippen LogP contribution in [0.1, 0.15) is 16.7 Å². The summed E-state index contributed by atoms with van der Waals surface area (Å²) >= 11 is 5.10. The van der Waals surface area contributed by atoms with Gasteiger partial charge in [0.25, 0.3) is 5.91 Å². The quantitative estimate of drug-likeness (QED) is 0.782. The molecule has 0 atom stereocenters. The predicted octanol–water partition coefficient (Wildman–Crippen LogP) is 4.98. The molecule has 1 aliphatic heterocycles. The lowest BCUT2D eigenvalue weighted by molar-refractivity contribution is -0.110. The molecule has 2 aromatic carbocycles. The minimum atomic E-state index is -0.0279. The van der Waals surface area contributed by atoms with Gasteiger partial charge in [-0.2, -0.15) is 0 Å². The van der Waals surface area contributed by atoms with Crippen LogP contribution < -0.4 is 5.32 Å². The van der Waals surface area contributed by atoms with E-state index >= 15 is 0 Å². The Kier molecular flexibility index (Phi) is 4.17. The molecule has 21 heavy (non-hydrogen) atoms. The number of rotatable bonds is 3. The van der Waals surface area contributed by atoms with Crippen molar-refractivity contribution in [2.75, 3.05) is 5.32 Å². The van der Waals surface area contributed by atoms with E-state index in [2.05, 4.69) is 52.4 Å². The van der Waals surface area contributed by atoms with Crippen LogP contribution in [0.25, 0.3) is 5.57 Å². The average Bonchev–Trinajstić information content (AvgIpc) is 2.75. The first-order valence-electron chi connectivity index (χ1n) is 6.62. The molecule has 0 fully saturated rings. The molecular formula is C17H14BrNOS. The zero-order chi connectivity index (χ0) is 14.8. The number of anilines is 1. The molecule has 0 aliphatic carbocycles. The zero-order valence-electron chi connectivity index (χ0n) is 11.5. The van der Waals surface area contributed by atoms with E-state index in [9.17, 15) is 4.79 Å². The Labute approximate surface area is 136 Å². The van der Waals surface area contributed by atoms with Crippen molar-refractivity contribution < 1.29 is 4.79 Å². The fourth-order valence-electron chi connectivity index (χ4n) is 2.30. The molecule has 1 N–H and O–H groups in total. The molecule has 0 saturated heterocycles. The molecule has 0 saturated carbocycles. The average molecular weight is 360 g/mol. The van der Waals surface area contributed by atoms with E-state index < -0.39 is 0 Å². The first-order chi connectivity index (χ1) is 10.1. The van der Waals surface area contributed by atoms with Crippen molar-refractivity contribution in [3.05, 3.63) is 69.0 Å². The molecule has 106 valence electrons. The summed E-state index contributed by atoms with van der Waals surface area (Å²) in [6.45, 7) is 2.09. The van der Waals surface area contributed by atoms with Crippen LogP contribution in [0.15, 0.2) is 52.3 Å². The van der Waals surface area contributed by atoms with E-state index in [-0.39, 0.29) is 5.91 Å². The van der Waals surface area contributed by atoms with Gasteiger partial charge in [0.1, 0.15) is 0 Å². The van der Waals surface area contributed by atoms with E-state index in [0.29, 0.717) is 0 Å². The van der Waals surface area contributed by atoms with Crippen LogP contribution in [0.2, 0.25) is 0 Å². The maximum Gasteiger partial charge on any atom is 0.256 e. The van der Waals surface area contributed by atoms with Crippen molar-refractivity contribution in [3.8, 4) is 0 Å². The summed E-state index contributed by atoms with van der Waals surface area (Å²) in [5, 5.41) is 4.85. The van der Waals surface area contributed by atoms with Crippen LogP contribution in [0, 0.1) is 6.92 Å². The third-order valence-electron chi connectivity index (χ3n) is 3.30. The number of thioether (sulfide) groups is 1. The van der Waals surface area contributed by atoms with E-state index in [4.69, 9.17) is 0 Å². The predicted molar refractivity (Wildman–Crippen MR) is 93.2 cm³/mol. The summed E-state index contributed by atoms with van der Waals surface area (Å²) < 4.78 is 0.979. The van der Waals surface area contributed by atoms with Crippen LogP contribution in [0.5, 0.6) is 0 Å². The lowest BCUT2D eigenvalue weighted by Gasteiger charge is -2.01. The minimum Gasteiger partial charge on any atom is -0.321 e. The molecule has 1 heterocycles. The van der Waals surface area contributed by atoms with E-state index in [1.54, 1.807) is 11.8 Å². The van der Waals surface area contributed by atoms with Crippen LogP contribution in [0.4, 0.5) is 5.69 Å². The number of amides is 1. The molecule has 3 rings (SSSR count). The van der Waals surface area contributed by atoms with Gasteiger partial charge in [0.05, 0.1) is 5.57 Å². The third-order valence-corrected chi connectivity index (χ3v) is 4.69. The smallest absolute Gasteiger partial charge is 0.256 e. The van der Waals surface area contributed by atoms with Crippen LogP contribution in [0.3, 0.4) is 0 Å². The van der Waals surface area contributed by atoms with Gasteiger partial charge in [-0.05, 0) is 36.1 Å². The number of halogens is 1. The topological polar surface area (TPSA) is 29.1 Å². The molecule has 1 amide bonds. The Hall–Kier alpha value is -1.52. The van der Waals surface area contributed by atoms with Gasteiger partial charge in [0.2, 0.25) is 0 Å². The lowest BCUT2D eigenvalue weighted by atomic mass is 10.1. The van der Waals surface area contributed by atoms with E-state index in [1.807, 2.05) is 23.6 Å². The van der Waals surface area contributed by atoms with E-state index in [1.165, 1.54) is 11.1 Å². The van der Waals surface area contributed by atoms with Gasteiger partial charge in [0, 0.05) is 21.5 Å². The summed E-state index contributed by atoms with van der Waals surface area (Å²) in [5.41, 5.74) is 5.11. The van der Waals surface area contributed by atoms with Crippen molar-refractivity contribution in [1.82, 2.24) is 0 Å². The van der Waals surface area contributed by atoms with Gasteiger partial charge in [-0.25, -0.2) is 0 Å². The molecule has 4 heteroatoms. The highest BCUT2D eigenvalue weighted by Crippen LogP contribution is 2.35. The lowest BCUT2D eigenvalue weighted by Crippen LogP contribution is -2.03. The van der Waals surface area contributed by atoms with Gasteiger partial charge in [-0.3, -0.25) is 4.79 Å². The number of benzene rings is 2. The molecule has 2 nitrogen and oxygen atoms in total. The number of fused-ring (bicyclic) bond motifs is 1. The van der Waals surface area contributed by atoms with E-state index in [0.717, 1.165) is 27.0 Å². The minimum absolute atomic E-state index is 0.0279. The summed E-state index contributed by atoms with van der Waals surface area (Å²) in [4.78, 5) is 12.0. The van der Waals surface area contributed by atoms with Crippen molar-refractivity contribution >= 4 is 44.9 Å². The van der Waals surface area contributed by atoms with Gasteiger partial charge >= 0.3 is 0 Å². The van der Waals surface area contributed by atoms with Crippen LogP contribution in [-0.4, -0.2) is 5.91 Å². The number of aryl methyl sites for hydroxylation is 1. The second-order valence-electron chi connectivity index (χ2n) is 4.98. The number of carbonyl (C=O) groups is 1. The van der Waals surface area contributed by atoms with Gasteiger partial charge in [-0.1, -0.05) is 45.8 Å². The molecule has 0 radical (unpaired) electrons. The SMILES string of the molecule is Cc1cccc(CSC=C2C(=O)Nc3ccc(Br)cc32)c1. The highest BCUT2D eigenvalue weighted by molar-refractivity contribution is 9.10. The fourth-order valence-corrected chi connectivity index (χ4v) is 3.52. The molecule has 0 bridgehead atoms. The molecule has 1 aliphatic rings.